The van der Waals surface area contributed by atoms with E-state index in [1.807, 2.05) is 0 Å². The zero-order valence-electron chi connectivity index (χ0n) is 9.18. The van der Waals surface area contributed by atoms with Crippen molar-refractivity contribution in [2.45, 2.75) is 0 Å². The van der Waals surface area contributed by atoms with Crippen molar-refractivity contribution in [3.05, 3.63) is 23.8 Å². The Morgan fingerprint density at radius 2 is 2.07 bits per heavy atom. The van der Waals surface area contributed by atoms with E-state index in [-0.39, 0.29) is 17.1 Å². The first kappa shape index (κ1) is 9.97. The topological polar surface area (TPSA) is 69.7 Å². The summed E-state index contributed by atoms with van der Waals surface area (Å²) in [4.78, 5) is 10.8. The zero-order chi connectivity index (χ0) is 12.3. The third kappa shape index (κ3) is 3.25. The highest BCUT2D eigenvalue weighted by Gasteiger charge is 2.10. The Labute approximate surface area is 89.2 Å². The van der Waals surface area contributed by atoms with Crippen LogP contribution in [0.15, 0.2) is 18.2 Å². The number of aldehydes is 1. The van der Waals surface area contributed by atoms with E-state index in [4.69, 9.17) is 6.11 Å². The van der Waals surface area contributed by atoms with Crippen molar-refractivity contribution in [1.29, 1.82) is 0 Å². The largest absolute Gasteiger partial charge is 0.493 e. The number of hydrogen-bond donors (Lipinski definition) is 0. The lowest BCUT2D eigenvalue weighted by Crippen LogP contribution is -2.06. The number of methoxy groups -OCH3 is 1. The van der Waals surface area contributed by atoms with Crippen molar-refractivity contribution in [3.63, 3.8) is 0 Å². The van der Waals surface area contributed by atoms with Gasteiger partial charge in [0.15, 0.2) is 11.5 Å². The first-order valence-corrected chi connectivity index (χ1v) is 5.73. The van der Waals surface area contributed by atoms with Crippen LogP contribution >= 0.6 is 0 Å². The van der Waals surface area contributed by atoms with Crippen LogP contribution in [0.25, 0.3) is 0 Å². The van der Waals surface area contributed by atoms with Crippen LogP contribution in [0.1, 0.15) is 11.7 Å². The molecular formula is C9H10O5S. The van der Waals surface area contributed by atoms with Gasteiger partial charge in [0, 0.05) is 5.56 Å². The highest BCUT2D eigenvalue weighted by atomic mass is 32.2. The van der Waals surface area contributed by atoms with E-state index in [9.17, 15) is 13.2 Å². The Morgan fingerprint density at radius 3 is 2.53 bits per heavy atom. The summed E-state index contributed by atoms with van der Waals surface area (Å²) in [6, 6.07) is 3.80. The van der Waals surface area contributed by atoms with E-state index in [0.717, 1.165) is 6.26 Å². The normalized spacial score (nSPS) is 11.7. The van der Waals surface area contributed by atoms with Crippen molar-refractivity contribution in [2.24, 2.45) is 0 Å². The predicted molar refractivity (Wildman–Crippen MR) is 53.9 cm³/mol. The van der Waals surface area contributed by atoms with E-state index in [1.54, 1.807) is 0 Å². The average molecular weight is 231 g/mol. The SMILES string of the molecule is [2H]C(=O)c1ccc(OS(C)(=O)=O)c(OC)c1. The van der Waals surface area contributed by atoms with Crippen molar-refractivity contribution < 1.29 is 23.5 Å². The number of rotatable bonds is 4. The molecule has 0 atom stereocenters. The summed E-state index contributed by atoms with van der Waals surface area (Å²) in [5, 5.41) is 0. The van der Waals surface area contributed by atoms with Crippen LogP contribution in [0.5, 0.6) is 11.5 Å². The monoisotopic (exact) mass is 231 g/mol. The Bertz CT molecular complexity index is 509. The molecule has 1 rings (SSSR count). The molecule has 0 saturated carbocycles. The third-order valence-electron chi connectivity index (χ3n) is 1.52. The molecule has 15 heavy (non-hydrogen) atoms. The van der Waals surface area contributed by atoms with Crippen LogP contribution < -0.4 is 8.92 Å². The Hall–Kier alpha value is -1.56. The van der Waals surface area contributed by atoms with Crippen molar-refractivity contribution in [2.75, 3.05) is 13.4 Å². The molecular weight excluding hydrogens is 220 g/mol. The Kier molecular flexibility index (Phi) is 2.86. The second kappa shape index (κ2) is 4.31. The molecule has 0 amide bonds. The van der Waals surface area contributed by atoms with Crippen LogP contribution in [-0.2, 0) is 10.1 Å². The van der Waals surface area contributed by atoms with Crippen molar-refractivity contribution >= 4 is 16.4 Å². The van der Waals surface area contributed by atoms with Gasteiger partial charge in [0.2, 0.25) is 0 Å². The molecule has 0 unspecified atom stereocenters. The molecule has 0 saturated heterocycles. The van der Waals surface area contributed by atoms with E-state index >= 15 is 0 Å². The third-order valence-corrected chi connectivity index (χ3v) is 2.00. The number of benzene rings is 1. The van der Waals surface area contributed by atoms with Gasteiger partial charge in [-0.05, 0) is 18.2 Å². The molecule has 0 bridgehead atoms. The standard InChI is InChI=1S/C9H10O5S/c1-13-9-5-7(6-10)3-4-8(9)14-15(2,11)12/h3-6H,1-2H3/i6D. The lowest BCUT2D eigenvalue weighted by molar-refractivity contribution is 0.112. The first-order valence-electron chi connectivity index (χ1n) is 4.42. The number of carbonyl (C=O) groups is 1. The molecule has 0 fully saturated rings. The molecule has 6 heteroatoms. The van der Waals surface area contributed by atoms with Gasteiger partial charge < -0.3 is 8.92 Å². The predicted octanol–water partition coefficient (Wildman–Crippen LogP) is 0.846. The fraction of sp³-hybridized carbons (Fsp3) is 0.222. The maximum absolute atomic E-state index is 10.9. The summed E-state index contributed by atoms with van der Waals surface area (Å²) in [5.41, 5.74) is 0.0951. The number of hydrogen-bond acceptors (Lipinski definition) is 5. The molecule has 0 heterocycles. The molecule has 0 radical (unpaired) electrons. The molecule has 5 nitrogen and oxygen atoms in total. The van der Waals surface area contributed by atoms with Gasteiger partial charge in [0.05, 0.1) is 13.4 Å². The molecule has 0 N–H and O–H groups in total. The quantitative estimate of drug-likeness (QED) is 0.567. The van der Waals surface area contributed by atoms with Gasteiger partial charge in [0.25, 0.3) is 0 Å². The molecule has 0 spiro atoms. The van der Waals surface area contributed by atoms with E-state index in [2.05, 4.69) is 4.18 Å². The van der Waals surface area contributed by atoms with Crippen molar-refractivity contribution in [3.8, 4) is 11.5 Å². The summed E-state index contributed by atoms with van der Waals surface area (Å²) in [7, 11) is -2.35. The average Bonchev–Trinajstić information content (AvgIpc) is 2.15. The minimum atomic E-state index is -3.65. The van der Waals surface area contributed by atoms with Crippen LogP contribution in [0, 0.1) is 0 Å². The van der Waals surface area contributed by atoms with Gasteiger partial charge in [-0.1, -0.05) is 0 Å². The summed E-state index contributed by atoms with van der Waals surface area (Å²) < 4.78 is 38.2. The smallest absolute Gasteiger partial charge is 0.306 e. The van der Waals surface area contributed by atoms with Gasteiger partial charge in [0.1, 0.15) is 7.63 Å². The number of carbonyl (C=O) groups excluding carboxylic acids is 1. The highest BCUT2D eigenvalue weighted by molar-refractivity contribution is 7.86. The van der Waals surface area contributed by atoms with E-state index < -0.39 is 16.4 Å². The van der Waals surface area contributed by atoms with Crippen LogP contribution in [0.3, 0.4) is 0 Å². The summed E-state index contributed by atoms with van der Waals surface area (Å²) in [6.45, 7) is 0. The fourth-order valence-corrected chi connectivity index (χ4v) is 1.43. The Morgan fingerprint density at radius 1 is 1.40 bits per heavy atom. The fourth-order valence-electron chi connectivity index (χ4n) is 0.963. The van der Waals surface area contributed by atoms with Crippen LogP contribution in [0.2, 0.25) is 0 Å². The van der Waals surface area contributed by atoms with Gasteiger partial charge in [-0.25, -0.2) is 0 Å². The van der Waals surface area contributed by atoms with E-state index in [1.165, 1.54) is 25.3 Å². The van der Waals surface area contributed by atoms with Gasteiger partial charge in [-0.3, -0.25) is 4.79 Å². The van der Waals surface area contributed by atoms with Crippen molar-refractivity contribution in [1.82, 2.24) is 0 Å². The summed E-state index contributed by atoms with van der Waals surface area (Å²) in [5.74, 6) is 0.0681. The van der Waals surface area contributed by atoms with Gasteiger partial charge in [-0.2, -0.15) is 8.42 Å². The van der Waals surface area contributed by atoms with Crippen LogP contribution in [0.4, 0.5) is 0 Å². The van der Waals surface area contributed by atoms with E-state index in [0.29, 0.717) is 0 Å². The molecule has 0 aliphatic rings. The minimum absolute atomic E-state index is 0.0185. The summed E-state index contributed by atoms with van der Waals surface area (Å²) in [6.07, 6.45) is 0.0138. The molecule has 0 aliphatic carbocycles. The lowest BCUT2D eigenvalue weighted by atomic mass is 10.2. The second-order valence-electron chi connectivity index (χ2n) is 2.76. The molecule has 1 aromatic carbocycles. The minimum Gasteiger partial charge on any atom is -0.493 e. The first-order chi connectivity index (χ1) is 7.33. The van der Waals surface area contributed by atoms with Crippen LogP contribution in [-0.4, -0.2) is 28.0 Å². The highest BCUT2D eigenvalue weighted by Crippen LogP contribution is 2.28. The molecule has 0 aromatic heterocycles. The maximum Gasteiger partial charge on any atom is 0.306 e. The Balaban J connectivity index is 3.17. The number of ether oxygens (including phenoxy) is 1. The van der Waals surface area contributed by atoms with Gasteiger partial charge in [-0.15, -0.1) is 0 Å². The maximum atomic E-state index is 10.9. The molecule has 82 valence electrons. The zero-order valence-corrected chi connectivity index (χ0v) is 9.00. The van der Waals surface area contributed by atoms with Gasteiger partial charge >= 0.3 is 10.1 Å². The molecule has 0 aliphatic heterocycles. The second-order valence-corrected chi connectivity index (χ2v) is 4.33. The summed E-state index contributed by atoms with van der Waals surface area (Å²) >= 11 is 0. The molecule has 1 aromatic rings. The lowest BCUT2D eigenvalue weighted by Gasteiger charge is -2.08.